The predicted octanol–water partition coefficient (Wildman–Crippen LogP) is 4.80. The fourth-order valence-corrected chi connectivity index (χ4v) is 5.50. The lowest BCUT2D eigenvalue weighted by molar-refractivity contribution is -0.153. The van der Waals surface area contributed by atoms with Gasteiger partial charge in [0.05, 0.1) is 33.4 Å². The molecule has 1 aromatic rings. The van der Waals surface area contributed by atoms with Gasteiger partial charge in [-0.15, -0.1) is 6.58 Å². The first kappa shape index (κ1) is 27.8. The Morgan fingerprint density at radius 2 is 1.78 bits per heavy atom. The van der Waals surface area contributed by atoms with Gasteiger partial charge in [-0.05, 0) is 62.6 Å². The maximum Gasteiger partial charge on any atom is 0.326 e. The van der Waals surface area contributed by atoms with Crippen LogP contribution in [0.2, 0.25) is 0 Å². The van der Waals surface area contributed by atoms with Crippen molar-refractivity contribution in [1.29, 1.82) is 0 Å². The number of ether oxygens (including phenoxy) is 4. The van der Waals surface area contributed by atoms with Crippen LogP contribution in [0, 0.1) is 5.92 Å². The summed E-state index contributed by atoms with van der Waals surface area (Å²) in [4.78, 5) is 27.7. The molecule has 0 bridgehead atoms. The van der Waals surface area contributed by atoms with Gasteiger partial charge in [0.1, 0.15) is 12.1 Å². The van der Waals surface area contributed by atoms with Crippen LogP contribution in [-0.2, 0) is 14.3 Å². The molecule has 2 fully saturated rings. The summed E-state index contributed by atoms with van der Waals surface area (Å²) in [6, 6.07) is 2.93. The summed E-state index contributed by atoms with van der Waals surface area (Å²) in [6.07, 6.45) is 8.66. The normalized spacial score (nSPS) is 20.3. The van der Waals surface area contributed by atoms with Crippen LogP contribution in [0.5, 0.6) is 17.2 Å². The third-order valence-electron chi connectivity index (χ3n) is 7.20. The van der Waals surface area contributed by atoms with E-state index < -0.39 is 17.9 Å². The van der Waals surface area contributed by atoms with Crippen molar-refractivity contribution in [3.05, 3.63) is 30.4 Å². The van der Waals surface area contributed by atoms with Gasteiger partial charge in [-0.1, -0.05) is 25.3 Å². The van der Waals surface area contributed by atoms with Gasteiger partial charge in [-0.3, -0.25) is 4.79 Å². The molecule has 1 aliphatic carbocycles. The Morgan fingerprint density at radius 3 is 2.42 bits per heavy atom. The molecule has 1 aromatic carbocycles. The summed E-state index contributed by atoms with van der Waals surface area (Å²) in [5.41, 5.74) is 0.772. The van der Waals surface area contributed by atoms with Crippen molar-refractivity contribution < 1.29 is 33.6 Å². The molecule has 3 atom stereocenters. The highest BCUT2D eigenvalue weighted by molar-refractivity contribution is 5.89. The highest BCUT2D eigenvalue weighted by atomic mass is 16.6. The Kier molecular flexibility index (Phi) is 10.5. The van der Waals surface area contributed by atoms with Gasteiger partial charge in [0.25, 0.3) is 0 Å². The molecule has 0 radical (unpaired) electrons. The van der Waals surface area contributed by atoms with Crippen molar-refractivity contribution in [2.75, 3.05) is 34.0 Å². The number of rotatable bonds is 12. The van der Waals surface area contributed by atoms with E-state index in [9.17, 15) is 14.7 Å². The van der Waals surface area contributed by atoms with Crippen molar-refractivity contribution in [2.45, 2.75) is 76.4 Å². The molecule has 1 heterocycles. The van der Waals surface area contributed by atoms with E-state index >= 15 is 0 Å². The number of piperidine rings is 1. The Morgan fingerprint density at radius 1 is 1.08 bits per heavy atom. The largest absolute Gasteiger partial charge is 0.493 e. The summed E-state index contributed by atoms with van der Waals surface area (Å²) >= 11 is 0. The van der Waals surface area contributed by atoms with E-state index in [2.05, 4.69) is 6.58 Å². The number of hydrogen-bond acceptors (Lipinski definition) is 6. The number of carbonyl (C=O) groups excluding carboxylic acids is 1. The van der Waals surface area contributed by atoms with E-state index in [0.717, 1.165) is 50.5 Å². The number of aliphatic carboxylic acids is 1. The fourth-order valence-electron chi connectivity index (χ4n) is 5.50. The maximum atomic E-state index is 14.1. The average molecular weight is 504 g/mol. The first-order valence-corrected chi connectivity index (χ1v) is 13.1. The van der Waals surface area contributed by atoms with Crippen LogP contribution in [-0.4, -0.2) is 68.0 Å². The van der Waals surface area contributed by atoms with Crippen LogP contribution in [0.15, 0.2) is 24.8 Å². The molecule has 0 unspecified atom stereocenters. The number of carboxylic acids is 1. The Bertz CT molecular complexity index is 896. The van der Waals surface area contributed by atoms with Gasteiger partial charge in [0.2, 0.25) is 11.7 Å². The first-order chi connectivity index (χ1) is 17.4. The monoisotopic (exact) mass is 503 g/mol. The zero-order valence-corrected chi connectivity index (χ0v) is 21.9. The van der Waals surface area contributed by atoms with E-state index in [-0.39, 0.29) is 17.9 Å². The molecular formula is C28H41NO7. The van der Waals surface area contributed by atoms with Gasteiger partial charge in [0, 0.05) is 6.54 Å². The van der Waals surface area contributed by atoms with E-state index in [1.807, 2.05) is 19.1 Å². The molecule has 8 nitrogen and oxygen atoms in total. The van der Waals surface area contributed by atoms with Gasteiger partial charge < -0.3 is 29.0 Å². The second-order valence-corrected chi connectivity index (χ2v) is 9.77. The molecule has 3 rings (SSSR count). The van der Waals surface area contributed by atoms with Gasteiger partial charge in [-0.2, -0.15) is 0 Å². The van der Waals surface area contributed by atoms with Crippen molar-refractivity contribution >= 4 is 11.9 Å². The Balaban J connectivity index is 2.01. The van der Waals surface area contributed by atoms with Crippen molar-refractivity contribution in [2.24, 2.45) is 5.92 Å². The zero-order chi connectivity index (χ0) is 26.1. The molecular weight excluding hydrogens is 462 g/mol. The SMILES string of the molecule is C=CCOC[C@@H](C)Oc1cc([C@@H](C(=O)N2CCCC[C@H]2C(=O)O)C2CCCCC2)cc(OC)c1OC. The minimum atomic E-state index is -0.935. The molecule has 1 amide bonds. The molecule has 1 saturated carbocycles. The van der Waals surface area contributed by atoms with Crippen LogP contribution in [0.4, 0.5) is 0 Å². The maximum absolute atomic E-state index is 14.1. The predicted molar refractivity (Wildman–Crippen MR) is 137 cm³/mol. The number of carboxylic acid groups (broad SMARTS) is 1. The molecule has 1 saturated heterocycles. The lowest BCUT2D eigenvalue weighted by Gasteiger charge is -2.39. The number of nitrogens with zero attached hydrogens (tertiary/aromatic N) is 1. The third-order valence-corrected chi connectivity index (χ3v) is 7.20. The third kappa shape index (κ3) is 6.72. The topological polar surface area (TPSA) is 94.5 Å². The zero-order valence-electron chi connectivity index (χ0n) is 21.9. The van der Waals surface area contributed by atoms with Crippen molar-refractivity contribution in [3.63, 3.8) is 0 Å². The number of benzene rings is 1. The highest BCUT2D eigenvalue weighted by Crippen LogP contribution is 2.45. The molecule has 0 aromatic heterocycles. The average Bonchev–Trinajstić information content (AvgIpc) is 2.89. The minimum absolute atomic E-state index is 0.116. The number of amides is 1. The fraction of sp³-hybridized carbons (Fsp3) is 0.643. The molecule has 200 valence electrons. The summed E-state index contributed by atoms with van der Waals surface area (Å²) in [6.45, 7) is 6.81. The van der Waals surface area contributed by atoms with Crippen LogP contribution < -0.4 is 14.2 Å². The number of hydrogen-bond donors (Lipinski definition) is 1. The smallest absolute Gasteiger partial charge is 0.326 e. The molecule has 8 heteroatoms. The number of likely N-dealkylation sites (tertiary alicyclic amines) is 1. The quantitative estimate of drug-likeness (QED) is 0.323. The Labute approximate surface area is 214 Å². The van der Waals surface area contributed by atoms with E-state index in [4.69, 9.17) is 18.9 Å². The molecule has 36 heavy (non-hydrogen) atoms. The van der Waals surface area contributed by atoms with Crippen molar-refractivity contribution in [3.8, 4) is 17.2 Å². The van der Waals surface area contributed by atoms with E-state index in [1.165, 1.54) is 0 Å². The molecule has 1 aliphatic heterocycles. The number of methoxy groups -OCH3 is 2. The van der Waals surface area contributed by atoms with Crippen LogP contribution in [0.1, 0.15) is 69.8 Å². The molecule has 2 aliphatic rings. The molecule has 0 spiro atoms. The number of carbonyl (C=O) groups is 2. The van der Waals surface area contributed by atoms with Gasteiger partial charge in [0.15, 0.2) is 11.5 Å². The lowest BCUT2D eigenvalue weighted by atomic mass is 9.75. The lowest BCUT2D eigenvalue weighted by Crippen LogP contribution is -2.50. The second-order valence-electron chi connectivity index (χ2n) is 9.77. The summed E-state index contributed by atoms with van der Waals surface area (Å²) in [7, 11) is 3.11. The van der Waals surface area contributed by atoms with Crippen molar-refractivity contribution in [1.82, 2.24) is 4.90 Å². The minimum Gasteiger partial charge on any atom is -0.493 e. The Hall–Kier alpha value is -2.74. The van der Waals surface area contributed by atoms with Gasteiger partial charge in [-0.25, -0.2) is 4.79 Å². The van der Waals surface area contributed by atoms with E-state index in [1.54, 1.807) is 25.2 Å². The highest BCUT2D eigenvalue weighted by Gasteiger charge is 2.40. The molecule has 1 N–H and O–H groups in total. The first-order valence-electron chi connectivity index (χ1n) is 13.1. The van der Waals surface area contributed by atoms with E-state index in [0.29, 0.717) is 43.4 Å². The standard InChI is InChI=1S/C28H41NO7/c1-5-15-35-18-19(2)36-24-17-21(16-23(33-3)26(24)34-4)25(20-11-7-6-8-12-20)27(30)29-14-10-9-13-22(29)28(31)32/h5,16-17,19-20,22,25H,1,6-15,18H2,2-4H3,(H,31,32)/t19-,22+,25+/m1/s1. The summed E-state index contributed by atoms with van der Waals surface area (Å²) in [5.74, 6) is 0.00852. The second kappa shape index (κ2) is 13.5. The van der Waals surface area contributed by atoms with Crippen LogP contribution in [0.25, 0.3) is 0 Å². The van der Waals surface area contributed by atoms with Gasteiger partial charge >= 0.3 is 5.97 Å². The van der Waals surface area contributed by atoms with Crippen LogP contribution >= 0.6 is 0 Å². The summed E-state index contributed by atoms with van der Waals surface area (Å²) < 4.78 is 23.0. The summed E-state index contributed by atoms with van der Waals surface area (Å²) in [5, 5.41) is 9.83. The van der Waals surface area contributed by atoms with Crippen LogP contribution in [0.3, 0.4) is 0 Å².